The van der Waals surface area contributed by atoms with Crippen LogP contribution in [-0.4, -0.2) is 33.9 Å². The number of pyridine rings is 1. The molecule has 18 heavy (non-hydrogen) atoms. The molecule has 2 saturated heterocycles. The molecule has 2 fully saturated rings. The molecule has 0 radical (unpaired) electrons. The van der Waals surface area contributed by atoms with Crippen molar-refractivity contribution in [2.75, 3.05) is 0 Å². The third kappa shape index (κ3) is 1.88. The Hall–Kier alpha value is -1.49. The summed E-state index contributed by atoms with van der Waals surface area (Å²) in [6.45, 7) is 0. The van der Waals surface area contributed by atoms with Crippen molar-refractivity contribution in [1.29, 1.82) is 0 Å². The molecule has 3 rings (SSSR count). The second-order valence-corrected chi connectivity index (χ2v) is 5.22. The average Bonchev–Trinajstić information content (AvgIpc) is 2.61. The number of halogens is 1. The zero-order valence-corrected chi connectivity index (χ0v) is 10.1. The predicted molar refractivity (Wildman–Crippen MR) is 64.4 cm³/mol. The standard InChI is InChI=1S/C13H16FN3O/c14-9-3-8(6-16-7-9)13(18)17-11-1-2-12(17)5-10(15)4-11/h3,6-7,10-12H,1-2,4-5,15H2. The van der Waals surface area contributed by atoms with Gasteiger partial charge >= 0.3 is 0 Å². The number of nitrogens with two attached hydrogens (primary N) is 1. The first-order valence-corrected chi connectivity index (χ1v) is 6.34. The van der Waals surface area contributed by atoms with Crippen molar-refractivity contribution >= 4 is 5.91 Å². The highest BCUT2D eigenvalue weighted by Gasteiger charge is 2.42. The van der Waals surface area contributed by atoms with Gasteiger partial charge in [0.25, 0.3) is 5.91 Å². The molecule has 2 bridgehead atoms. The minimum atomic E-state index is -0.470. The van der Waals surface area contributed by atoms with E-state index in [1.807, 2.05) is 4.90 Å². The van der Waals surface area contributed by atoms with Gasteiger partial charge in [-0.05, 0) is 31.7 Å². The molecule has 96 valence electrons. The maximum absolute atomic E-state index is 13.1. The summed E-state index contributed by atoms with van der Waals surface area (Å²) in [5, 5.41) is 0. The van der Waals surface area contributed by atoms with Crippen molar-refractivity contribution in [3.05, 3.63) is 29.8 Å². The Balaban J connectivity index is 1.85. The Labute approximate surface area is 105 Å². The number of hydrogen-bond donors (Lipinski definition) is 1. The number of nitrogens with zero attached hydrogens (tertiary/aromatic N) is 2. The van der Waals surface area contributed by atoms with Crippen LogP contribution in [0.3, 0.4) is 0 Å². The fourth-order valence-corrected chi connectivity index (χ4v) is 3.23. The van der Waals surface area contributed by atoms with E-state index in [1.165, 1.54) is 12.3 Å². The Morgan fingerprint density at radius 1 is 1.33 bits per heavy atom. The van der Waals surface area contributed by atoms with Gasteiger partial charge in [0, 0.05) is 24.3 Å². The molecule has 1 amide bonds. The minimum absolute atomic E-state index is 0.110. The summed E-state index contributed by atoms with van der Waals surface area (Å²) in [5.74, 6) is -0.580. The van der Waals surface area contributed by atoms with E-state index in [4.69, 9.17) is 5.73 Å². The quantitative estimate of drug-likeness (QED) is 0.816. The largest absolute Gasteiger partial charge is 0.333 e. The summed E-state index contributed by atoms with van der Waals surface area (Å²) in [4.78, 5) is 18.0. The molecular formula is C13H16FN3O. The summed E-state index contributed by atoms with van der Waals surface area (Å²) in [6.07, 6.45) is 6.26. The van der Waals surface area contributed by atoms with Crippen LogP contribution in [0.25, 0.3) is 0 Å². The van der Waals surface area contributed by atoms with E-state index in [0.29, 0.717) is 5.56 Å². The smallest absolute Gasteiger partial charge is 0.256 e. The van der Waals surface area contributed by atoms with Gasteiger partial charge in [-0.25, -0.2) is 4.39 Å². The summed E-state index contributed by atoms with van der Waals surface area (Å²) in [7, 11) is 0. The van der Waals surface area contributed by atoms with Crippen molar-refractivity contribution < 1.29 is 9.18 Å². The number of hydrogen-bond acceptors (Lipinski definition) is 3. The van der Waals surface area contributed by atoms with Crippen LogP contribution < -0.4 is 5.73 Å². The topological polar surface area (TPSA) is 59.2 Å². The molecule has 4 nitrogen and oxygen atoms in total. The predicted octanol–water partition coefficient (Wildman–Crippen LogP) is 1.31. The van der Waals surface area contributed by atoms with Crippen molar-refractivity contribution in [1.82, 2.24) is 9.88 Å². The van der Waals surface area contributed by atoms with Gasteiger partial charge in [-0.3, -0.25) is 9.78 Å². The van der Waals surface area contributed by atoms with E-state index < -0.39 is 5.82 Å². The number of amides is 1. The van der Waals surface area contributed by atoms with Gasteiger partial charge in [-0.1, -0.05) is 0 Å². The Bertz CT molecular complexity index is 465. The maximum atomic E-state index is 13.1. The fourth-order valence-electron chi connectivity index (χ4n) is 3.23. The summed E-state index contributed by atoms with van der Waals surface area (Å²) in [5.41, 5.74) is 6.31. The van der Waals surface area contributed by atoms with Gasteiger partial charge in [0.2, 0.25) is 0 Å². The van der Waals surface area contributed by atoms with E-state index in [-0.39, 0.29) is 24.0 Å². The van der Waals surface area contributed by atoms with E-state index in [1.54, 1.807) is 0 Å². The van der Waals surface area contributed by atoms with Crippen molar-refractivity contribution in [2.45, 2.75) is 43.8 Å². The first kappa shape index (κ1) is 11.6. The highest BCUT2D eigenvalue weighted by Crippen LogP contribution is 2.36. The molecule has 5 heteroatoms. The normalized spacial score (nSPS) is 30.6. The second kappa shape index (κ2) is 4.31. The highest BCUT2D eigenvalue weighted by atomic mass is 19.1. The Morgan fingerprint density at radius 3 is 2.61 bits per heavy atom. The lowest BCUT2D eigenvalue weighted by Gasteiger charge is -2.37. The molecule has 1 aromatic rings. The van der Waals surface area contributed by atoms with Crippen molar-refractivity contribution in [2.24, 2.45) is 5.73 Å². The van der Waals surface area contributed by atoms with Gasteiger partial charge in [-0.2, -0.15) is 0 Å². The second-order valence-electron chi connectivity index (χ2n) is 5.22. The zero-order valence-electron chi connectivity index (χ0n) is 10.1. The maximum Gasteiger partial charge on any atom is 0.256 e. The third-order valence-corrected chi connectivity index (χ3v) is 3.96. The molecule has 2 aliphatic rings. The van der Waals surface area contributed by atoms with Gasteiger partial charge in [-0.15, -0.1) is 0 Å². The third-order valence-electron chi connectivity index (χ3n) is 3.96. The molecule has 2 atom stereocenters. The number of fused-ring (bicyclic) bond motifs is 2. The SMILES string of the molecule is NC1CC2CCC(C1)N2C(=O)c1cncc(F)c1. The lowest BCUT2D eigenvalue weighted by atomic mass is 9.97. The zero-order chi connectivity index (χ0) is 12.7. The Kier molecular flexibility index (Phi) is 2.78. The number of carbonyl (C=O) groups excluding carboxylic acids is 1. The average molecular weight is 249 g/mol. The molecule has 2 N–H and O–H groups in total. The molecule has 0 aromatic carbocycles. The van der Waals surface area contributed by atoms with Crippen LogP contribution in [0, 0.1) is 5.82 Å². The molecule has 2 aliphatic heterocycles. The van der Waals surface area contributed by atoms with Crippen LogP contribution in [-0.2, 0) is 0 Å². The first-order valence-electron chi connectivity index (χ1n) is 6.34. The minimum Gasteiger partial charge on any atom is -0.333 e. The lowest BCUT2D eigenvalue weighted by molar-refractivity contribution is 0.0574. The molecule has 0 saturated carbocycles. The highest BCUT2D eigenvalue weighted by molar-refractivity contribution is 5.94. The molecule has 2 unspecified atom stereocenters. The van der Waals surface area contributed by atoms with Gasteiger partial charge in [0.05, 0.1) is 11.8 Å². The summed E-state index contributed by atoms with van der Waals surface area (Å²) in [6, 6.07) is 1.88. The van der Waals surface area contributed by atoms with E-state index in [2.05, 4.69) is 4.98 Å². The van der Waals surface area contributed by atoms with E-state index in [0.717, 1.165) is 31.9 Å². The van der Waals surface area contributed by atoms with E-state index in [9.17, 15) is 9.18 Å². The summed E-state index contributed by atoms with van der Waals surface area (Å²) >= 11 is 0. The van der Waals surface area contributed by atoms with Crippen LogP contribution in [0.2, 0.25) is 0 Å². The fraction of sp³-hybridized carbons (Fsp3) is 0.538. The van der Waals surface area contributed by atoms with Crippen LogP contribution >= 0.6 is 0 Å². The molecular weight excluding hydrogens is 233 g/mol. The van der Waals surface area contributed by atoms with Crippen molar-refractivity contribution in [3.63, 3.8) is 0 Å². The van der Waals surface area contributed by atoms with Crippen molar-refractivity contribution in [3.8, 4) is 0 Å². The number of rotatable bonds is 1. The monoisotopic (exact) mass is 249 g/mol. The Morgan fingerprint density at radius 2 is 2.00 bits per heavy atom. The van der Waals surface area contributed by atoms with Crippen LogP contribution in [0.1, 0.15) is 36.0 Å². The van der Waals surface area contributed by atoms with E-state index >= 15 is 0 Å². The molecule has 3 heterocycles. The molecule has 0 aliphatic carbocycles. The van der Waals surface area contributed by atoms with Gasteiger partial charge < -0.3 is 10.6 Å². The molecule has 0 spiro atoms. The van der Waals surface area contributed by atoms with Gasteiger partial charge in [0.1, 0.15) is 5.82 Å². The lowest BCUT2D eigenvalue weighted by Crippen LogP contribution is -2.50. The number of aromatic nitrogens is 1. The van der Waals surface area contributed by atoms with Crippen LogP contribution in [0.4, 0.5) is 4.39 Å². The van der Waals surface area contributed by atoms with Crippen LogP contribution in [0.15, 0.2) is 18.5 Å². The number of piperidine rings is 1. The van der Waals surface area contributed by atoms with Crippen LogP contribution in [0.5, 0.6) is 0 Å². The number of carbonyl (C=O) groups is 1. The van der Waals surface area contributed by atoms with Gasteiger partial charge in [0.15, 0.2) is 0 Å². The first-order chi connectivity index (χ1) is 8.65. The molecule has 1 aromatic heterocycles. The summed E-state index contributed by atoms with van der Waals surface area (Å²) < 4.78 is 13.1.